The lowest BCUT2D eigenvalue weighted by molar-refractivity contribution is -0.132. The lowest BCUT2D eigenvalue weighted by Gasteiger charge is -2.33. The Morgan fingerprint density at radius 2 is 1.77 bits per heavy atom. The van der Waals surface area contributed by atoms with Crippen LogP contribution < -0.4 is 4.90 Å². The fraction of sp³-hybridized carbons (Fsp3) is 0.320. The normalized spacial score (nSPS) is 13.5. The number of alkyl halides is 2. The molecule has 0 bridgehead atoms. The van der Waals surface area contributed by atoms with Crippen molar-refractivity contribution in [2.45, 2.75) is 26.4 Å². The summed E-state index contributed by atoms with van der Waals surface area (Å²) in [6, 6.07) is 14.7. The Morgan fingerprint density at radius 3 is 2.39 bits per heavy atom. The zero-order valence-corrected chi connectivity index (χ0v) is 19.5. The van der Waals surface area contributed by atoms with Gasteiger partial charge in [-0.1, -0.05) is 30.8 Å². The molecule has 0 atom stereocenters. The zero-order valence-electron chi connectivity index (χ0n) is 17.9. The van der Waals surface area contributed by atoms with Crippen LogP contribution in [-0.2, 0) is 11.3 Å². The first-order valence-electron chi connectivity index (χ1n) is 10.4. The van der Waals surface area contributed by atoms with Gasteiger partial charge in [-0.25, -0.2) is 4.79 Å². The maximum atomic E-state index is 11.8. The first kappa shape index (κ1) is 23.4. The molecule has 0 fully saturated rings. The van der Waals surface area contributed by atoms with Gasteiger partial charge < -0.3 is 10.0 Å². The van der Waals surface area contributed by atoms with E-state index in [1.54, 1.807) is 6.20 Å². The fourth-order valence-electron chi connectivity index (χ4n) is 3.84. The lowest BCUT2D eigenvalue weighted by Crippen LogP contribution is -2.30. The van der Waals surface area contributed by atoms with Crippen LogP contribution in [0, 0.1) is 0 Å². The molecule has 1 aliphatic heterocycles. The number of carboxylic acid groups (broad SMARTS) is 1. The molecule has 4 nitrogen and oxygen atoms in total. The van der Waals surface area contributed by atoms with Gasteiger partial charge in [0.15, 0.2) is 0 Å². The van der Waals surface area contributed by atoms with Crippen molar-refractivity contribution in [1.82, 2.24) is 4.90 Å². The predicted molar refractivity (Wildman–Crippen MR) is 131 cm³/mol. The third-order valence-corrected chi connectivity index (χ3v) is 5.79. The Hall–Kier alpha value is -2.27. The highest BCUT2D eigenvalue weighted by Crippen LogP contribution is 2.39. The van der Waals surface area contributed by atoms with Gasteiger partial charge in [-0.3, -0.25) is 4.90 Å². The van der Waals surface area contributed by atoms with Gasteiger partial charge in [0, 0.05) is 54.9 Å². The van der Waals surface area contributed by atoms with Crippen LogP contribution >= 0.6 is 23.2 Å². The second-order valence-electron chi connectivity index (χ2n) is 7.91. The summed E-state index contributed by atoms with van der Waals surface area (Å²) in [4.78, 5) is 16.0. The first-order valence-corrected chi connectivity index (χ1v) is 11.4. The third-order valence-electron chi connectivity index (χ3n) is 5.45. The molecule has 0 unspecified atom stereocenters. The molecule has 0 spiro atoms. The minimum atomic E-state index is -0.965. The predicted octanol–water partition coefficient (Wildman–Crippen LogP) is 5.84. The summed E-state index contributed by atoms with van der Waals surface area (Å²) < 4.78 is 0. The fourth-order valence-corrected chi connectivity index (χ4v) is 4.32. The molecule has 1 N–H and O–H groups in total. The molecule has 2 aromatic carbocycles. The number of nitrogens with zero attached hydrogens (tertiary/aromatic N) is 2. The van der Waals surface area contributed by atoms with E-state index in [1.165, 1.54) is 5.56 Å². The van der Waals surface area contributed by atoms with E-state index in [0.717, 1.165) is 42.0 Å². The van der Waals surface area contributed by atoms with E-state index in [9.17, 15) is 9.90 Å². The topological polar surface area (TPSA) is 43.8 Å². The molecule has 6 heteroatoms. The zero-order chi connectivity index (χ0) is 22.5. The molecule has 0 saturated heterocycles. The first-order chi connectivity index (χ1) is 14.8. The minimum absolute atomic E-state index is 0.130. The van der Waals surface area contributed by atoms with Crippen LogP contribution in [0.4, 0.5) is 5.69 Å². The number of fused-ring (bicyclic) bond motifs is 1. The summed E-state index contributed by atoms with van der Waals surface area (Å²) in [5.41, 5.74) is 5.87. The molecule has 1 heterocycles. The molecule has 0 amide bonds. The standard InChI is InChI=1S/C25H28Cl2N2O2/c1-17(2)29-16-23(25(30)31)18(3)22-14-21(7-8-24(22)29)20-6-4-5-19(13-20)15-28(11-9-26)12-10-27/h4-8,13-14,16-17H,3,9-12,15H2,1-2H3,(H,30,31). The van der Waals surface area contributed by atoms with Crippen molar-refractivity contribution in [1.29, 1.82) is 0 Å². The summed E-state index contributed by atoms with van der Waals surface area (Å²) in [7, 11) is 0. The lowest BCUT2D eigenvalue weighted by atomic mass is 9.90. The maximum absolute atomic E-state index is 11.8. The summed E-state index contributed by atoms with van der Waals surface area (Å²) in [6.07, 6.45) is 1.68. The second-order valence-corrected chi connectivity index (χ2v) is 8.67. The number of anilines is 1. The van der Waals surface area contributed by atoms with Crippen LogP contribution in [0.15, 0.2) is 60.8 Å². The van der Waals surface area contributed by atoms with E-state index in [2.05, 4.69) is 35.7 Å². The van der Waals surface area contributed by atoms with Gasteiger partial charge in [0.05, 0.1) is 5.57 Å². The quantitative estimate of drug-likeness (QED) is 0.479. The largest absolute Gasteiger partial charge is 0.478 e. The van der Waals surface area contributed by atoms with E-state index in [4.69, 9.17) is 23.2 Å². The number of benzene rings is 2. The molecular formula is C25H28Cl2N2O2. The van der Waals surface area contributed by atoms with Crippen LogP contribution in [0.5, 0.6) is 0 Å². The monoisotopic (exact) mass is 458 g/mol. The van der Waals surface area contributed by atoms with E-state index < -0.39 is 5.97 Å². The van der Waals surface area contributed by atoms with Gasteiger partial charge in [-0.15, -0.1) is 23.2 Å². The Kier molecular flexibility index (Phi) is 7.82. The van der Waals surface area contributed by atoms with Crippen molar-refractivity contribution in [2.24, 2.45) is 0 Å². The Morgan fingerprint density at radius 1 is 1.10 bits per heavy atom. The Labute approximate surface area is 194 Å². The van der Waals surface area contributed by atoms with Crippen LogP contribution in [-0.4, -0.2) is 46.9 Å². The molecule has 0 radical (unpaired) electrons. The molecule has 1 aliphatic rings. The number of rotatable bonds is 9. The summed E-state index contributed by atoms with van der Waals surface area (Å²) >= 11 is 11.9. The number of aliphatic carboxylic acids is 1. The van der Waals surface area contributed by atoms with Gasteiger partial charge in [0.25, 0.3) is 0 Å². The highest BCUT2D eigenvalue weighted by Gasteiger charge is 2.26. The summed E-state index contributed by atoms with van der Waals surface area (Å²) in [5, 5.41) is 9.65. The Bertz CT molecular complexity index is 995. The van der Waals surface area contributed by atoms with Crippen molar-refractivity contribution < 1.29 is 9.90 Å². The summed E-state index contributed by atoms with van der Waals surface area (Å²) in [6.45, 7) is 10.5. The average Bonchev–Trinajstić information content (AvgIpc) is 2.74. The van der Waals surface area contributed by atoms with Crippen LogP contribution in [0.3, 0.4) is 0 Å². The van der Waals surface area contributed by atoms with Crippen molar-refractivity contribution in [3.05, 3.63) is 71.9 Å². The minimum Gasteiger partial charge on any atom is -0.478 e. The van der Waals surface area contributed by atoms with Crippen molar-refractivity contribution in [3.63, 3.8) is 0 Å². The molecule has 0 saturated carbocycles. The van der Waals surface area contributed by atoms with Crippen LogP contribution in [0.25, 0.3) is 16.7 Å². The van der Waals surface area contributed by atoms with E-state index in [-0.39, 0.29) is 11.6 Å². The highest BCUT2D eigenvalue weighted by molar-refractivity contribution is 6.18. The highest BCUT2D eigenvalue weighted by atomic mass is 35.5. The molecule has 0 aromatic heterocycles. The average molecular weight is 459 g/mol. The molecule has 2 aromatic rings. The van der Waals surface area contributed by atoms with Gasteiger partial charge >= 0.3 is 5.97 Å². The number of halogens is 2. The van der Waals surface area contributed by atoms with Gasteiger partial charge in [0.1, 0.15) is 0 Å². The van der Waals surface area contributed by atoms with Gasteiger partial charge in [0.2, 0.25) is 0 Å². The molecule has 0 aliphatic carbocycles. The van der Waals surface area contributed by atoms with E-state index >= 15 is 0 Å². The number of carbonyl (C=O) groups is 1. The smallest absolute Gasteiger partial charge is 0.337 e. The van der Waals surface area contributed by atoms with Crippen LogP contribution in [0.1, 0.15) is 25.0 Å². The van der Waals surface area contributed by atoms with Crippen molar-refractivity contribution in [3.8, 4) is 11.1 Å². The maximum Gasteiger partial charge on any atom is 0.337 e. The second kappa shape index (κ2) is 10.4. The van der Waals surface area contributed by atoms with E-state index in [0.29, 0.717) is 17.3 Å². The SMILES string of the molecule is C=C1C(C(=O)O)=CN(C(C)C)c2ccc(-c3cccc(CN(CCCl)CCCl)c3)cc21. The number of hydrogen-bond acceptors (Lipinski definition) is 3. The molecule has 3 rings (SSSR count). The summed E-state index contributed by atoms with van der Waals surface area (Å²) in [5.74, 6) is 0.164. The molecular weight excluding hydrogens is 431 g/mol. The Balaban J connectivity index is 1.96. The van der Waals surface area contributed by atoms with Gasteiger partial charge in [-0.05, 0) is 54.3 Å². The van der Waals surface area contributed by atoms with Crippen molar-refractivity contribution in [2.75, 3.05) is 29.7 Å². The third kappa shape index (κ3) is 5.32. The van der Waals surface area contributed by atoms with E-state index in [1.807, 2.05) is 36.9 Å². The number of hydrogen-bond donors (Lipinski definition) is 1. The number of carboxylic acids is 1. The molecule has 164 valence electrons. The molecule has 31 heavy (non-hydrogen) atoms. The van der Waals surface area contributed by atoms with Crippen LogP contribution in [0.2, 0.25) is 0 Å². The van der Waals surface area contributed by atoms with Crippen molar-refractivity contribution >= 4 is 40.4 Å². The van der Waals surface area contributed by atoms with Gasteiger partial charge in [-0.2, -0.15) is 0 Å².